The Labute approximate surface area is 77.7 Å². The first-order valence-electron chi connectivity index (χ1n) is 5.42. The molecule has 1 saturated carbocycles. The van der Waals surface area contributed by atoms with Crippen molar-refractivity contribution in [3.05, 3.63) is 0 Å². The summed E-state index contributed by atoms with van der Waals surface area (Å²) >= 11 is 0. The first kappa shape index (κ1) is 10.1. The van der Waals surface area contributed by atoms with Gasteiger partial charge < -0.3 is 0 Å². The van der Waals surface area contributed by atoms with Gasteiger partial charge in [-0.2, -0.15) is 0 Å². The molecule has 72 valence electrons. The zero-order chi connectivity index (χ0) is 9.35. The maximum absolute atomic E-state index is 2.43. The van der Waals surface area contributed by atoms with E-state index in [-0.39, 0.29) is 0 Å². The zero-order valence-corrected chi connectivity index (χ0v) is 9.35. The van der Waals surface area contributed by atoms with Crippen LogP contribution in [0.1, 0.15) is 53.9 Å². The molecule has 0 saturated heterocycles. The first-order valence-corrected chi connectivity index (χ1v) is 5.42. The van der Waals surface area contributed by atoms with E-state index in [0.29, 0.717) is 5.41 Å². The first-order chi connectivity index (χ1) is 5.42. The minimum absolute atomic E-state index is 0.613. The highest BCUT2D eigenvalue weighted by Crippen LogP contribution is 2.44. The Hall–Kier alpha value is 0. The van der Waals surface area contributed by atoms with Crippen LogP contribution in [-0.2, 0) is 0 Å². The fraction of sp³-hybridized carbons (Fsp3) is 1.00. The van der Waals surface area contributed by atoms with Gasteiger partial charge in [0.1, 0.15) is 0 Å². The molecule has 1 fully saturated rings. The second-order valence-electron chi connectivity index (χ2n) is 5.79. The minimum Gasteiger partial charge on any atom is -0.0625 e. The van der Waals surface area contributed by atoms with E-state index in [1.165, 1.54) is 19.3 Å². The summed E-state index contributed by atoms with van der Waals surface area (Å²) in [5.41, 5.74) is 0.613. The van der Waals surface area contributed by atoms with Gasteiger partial charge in [-0.25, -0.2) is 0 Å². The topological polar surface area (TPSA) is 0 Å². The molecule has 0 spiro atoms. The van der Waals surface area contributed by atoms with E-state index in [0.717, 1.165) is 17.8 Å². The zero-order valence-electron chi connectivity index (χ0n) is 9.35. The highest BCUT2D eigenvalue weighted by molar-refractivity contribution is 4.84. The third kappa shape index (κ3) is 2.24. The fourth-order valence-corrected chi connectivity index (χ4v) is 2.67. The molecule has 0 heterocycles. The van der Waals surface area contributed by atoms with Gasteiger partial charge in [0.25, 0.3) is 0 Å². The van der Waals surface area contributed by atoms with Crippen molar-refractivity contribution in [2.45, 2.75) is 53.9 Å². The molecular weight excluding hydrogens is 144 g/mol. The van der Waals surface area contributed by atoms with Crippen LogP contribution >= 0.6 is 0 Å². The van der Waals surface area contributed by atoms with Gasteiger partial charge in [0.2, 0.25) is 0 Å². The van der Waals surface area contributed by atoms with Gasteiger partial charge in [-0.1, -0.05) is 34.6 Å². The number of rotatable bonds is 1. The summed E-state index contributed by atoms with van der Waals surface area (Å²) in [6.07, 6.45) is 4.30. The predicted molar refractivity (Wildman–Crippen MR) is 55.1 cm³/mol. The van der Waals surface area contributed by atoms with Gasteiger partial charge in [-0.3, -0.25) is 0 Å². The summed E-state index contributed by atoms with van der Waals surface area (Å²) in [4.78, 5) is 0. The molecule has 0 amide bonds. The van der Waals surface area contributed by atoms with Crippen molar-refractivity contribution in [1.29, 1.82) is 0 Å². The molecule has 1 aliphatic carbocycles. The normalized spacial score (nSPS) is 35.5. The molecule has 1 aliphatic rings. The van der Waals surface area contributed by atoms with Crippen molar-refractivity contribution in [3.63, 3.8) is 0 Å². The summed E-state index contributed by atoms with van der Waals surface area (Å²) in [7, 11) is 0. The predicted octanol–water partition coefficient (Wildman–Crippen LogP) is 4.10. The van der Waals surface area contributed by atoms with Crippen LogP contribution in [0.5, 0.6) is 0 Å². The smallest absolute Gasteiger partial charge is 0.0351 e. The van der Waals surface area contributed by atoms with Gasteiger partial charge in [-0.05, 0) is 42.4 Å². The average Bonchev–Trinajstić information content (AvgIpc) is 1.94. The molecule has 0 aromatic rings. The van der Waals surface area contributed by atoms with Crippen molar-refractivity contribution in [3.8, 4) is 0 Å². The van der Waals surface area contributed by atoms with Crippen molar-refractivity contribution < 1.29 is 0 Å². The number of hydrogen-bond acceptors (Lipinski definition) is 0. The maximum atomic E-state index is 2.43. The quantitative estimate of drug-likeness (QED) is 0.553. The maximum Gasteiger partial charge on any atom is -0.0351 e. The second-order valence-corrected chi connectivity index (χ2v) is 5.79. The molecule has 0 N–H and O–H groups in total. The molecule has 0 aliphatic heterocycles. The van der Waals surface area contributed by atoms with E-state index >= 15 is 0 Å². The van der Waals surface area contributed by atoms with Crippen LogP contribution in [0.15, 0.2) is 0 Å². The molecule has 1 rings (SSSR count). The van der Waals surface area contributed by atoms with E-state index in [1.807, 2.05) is 0 Å². The van der Waals surface area contributed by atoms with E-state index < -0.39 is 0 Å². The molecule has 0 heteroatoms. The third-order valence-electron chi connectivity index (χ3n) is 3.65. The SMILES string of the molecule is CC(C)C1CC(C)(C)CCC1C. The Kier molecular flexibility index (Phi) is 2.85. The van der Waals surface area contributed by atoms with Crippen LogP contribution in [-0.4, -0.2) is 0 Å². The van der Waals surface area contributed by atoms with Gasteiger partial charge >= 0.3 is 0 Å². The van der Waals surface area contributed by atoms with Crippen LogP contribution in [0.4, 0.5) is 0 Å². The molecule has 12 heavy (non-hydrogen) atoms. The lowest BCUT2D eigenvalue weighted by molar-refractivity contribution is 0.0948. The second kappa shape index (κ2) is 3.40. The molecule has 0 nitrogen and oxygen atoms in total. The number of hydrogen-bond donors (Lipinski definition) is 0. The lowest BCUT2D eigenvalue weighted by Crippen LogP contribution is -2.31. The highest BCUT2D eigenvalue weighted by atomic mass is 14.4. The molecule has 2 unspecified atom stereocenters. The van der Waals surface area contributed by atoms with Gasteiger partial charge in [0.05, 0.1) is 0 Å². The van der Waals surface area contributed by atoms with Crippen LogP contribution in [0.2, 0.25) is 0 Å². The Morgan fingerprint density at radius 2 is 1.83 bits per heavy atom. The molecule has 2 atom stereocenters. The van der Waals surface area contributed by atoms with Crippen molar-refractivity contribution in [2.75, 3.05) is 0 Å². The van der Waals surface area contributed by atoms with Crippen molar-refractivity contribution in [1.82, 2.24) is 0 Å². The molecule has 0 bridgehead atoms. The van der Waals surface area contributed by atoms with E-state index in [9.17, 15) is 0 Å². The summed E-state index contributed by atoms with van der Waals surface area (Å²) in [6.45, 7) is 12.0. The standard InChI is InChI=1S/C12H24/c1-9(2)11-8-12(4,5)7-6-10(11)3/h9-11H,6-8H2,1-5H3. The molecular formula is C12H24. The van der Waals surface area contributed by atoms with E-state index in [1.54, 1.807) is 0 Å². The van der Waals surface area contributed by atoms with Gasteiger partial charge in [0.15, 0.2) is 0 Å². The molecule has 0 radical (unpaired) electrons. The van der Waals surface area contributed by atoms with Crippen LogP contribution in [0, 0.1) is 23.2 Å². The summed E-state index contributed by atoms with van der Waals surface area (Å²) < 4.78 is 0. The Morgan fingerprint density at radius 1 is 1.25 bits per heavy atom. The highest BCUT2D eigenvalue weighted by Gasteiger charge is 2.33. The molecule has 0 aromatic heterocycles. The lowest BCUT2D eigenvalue weighted by atomic mass is 9.64. The van der Waals surface area contributed by atoms with E-state index in [4.69, 9.17) is 0 Å². The minimum atomic E-state index is 0.613. The summed E-state index contributed by atoms with van der Waals surface area (Å²) in [5, 5.41) is 0. The van der Waals surface area contributed by atoms with Crippen LogP contribution in [0.25, 0.3) is 0 Å². The molecule has 0 aromatic carbocycles. The average molecular weight is 168 g/mol. The summed E-state index contributed by atoms with van der Waals surface area (Å²) in [5.74, 6) is 2.80. The third-order valence-corrected chi connectivity index (χ3v) is 3.65. The monoisotopic (exact) mass is 168 g/mol. The van der Waals surface area contributed by atoms with Crippen LogP contribution in [0.3, 0.4) is 0 Å². The van der Waals surface area contributed by atoms with Gasteiger partial charge in [0, 0.05) is 0 Å². The summed E-state index contributed by atoms with van der Waals surface area (Å²) in [6, 6.07) is 0. The fourth-order valence-electron chi connectivity index (χ4n) is 2.67. The van der Waals surface area contributed by atoms with Crippen molar-refractivity contribution in [2.24, 2.45) is 23.2 Å². The van der Waals surface area contributed by atoms with Gasteiger partial charge in [-0.15, -0.1) is 0 Å². The Balaban J connectivity index is 2.59. The largest absolute Gasteiger partial charge is 0.0625 e. The lowest BCUT2D eigenvalue weighted by Gasteiger charge is -2.41. The van der Waals surface area contributed by atoms with Crippen LogP contribution < -0.4 is 0 Å². The van der Waals surface area contributed by atoms with Crippen molar-refractivity contribution >= 4 is 0 Å². The Bertz CT molecular complexity index is 144. The Morgan fingerprint density at radius 3 is 2.25 bits per heavy atom. The van der Waals surface area contributed by atoms with E-state index in [2.05, 4.69) is 34.6 Å².